The number of ether oxygens (including phenoxy) is 2. The van der Waals surface area contributed by atoms with E-state index in [1.54, 1.807) is 25.4 Å². The van der Waals surface area contributed by atoms with Gasteiger partial charge in [0.25, 0.3) is 15.7 Å². The molecular weight excluding hydrogens is 532 g/mol. The molecule has 1 aliphatic rings. The number of hydrogen-bond donors (Lipinski definition) is 2. The minimum Gasteiger partial charge on any atom is -0.481 e. The zero-order chi connectivity index (χ0) is 28.6. The molecule has 3 aromatic heterocycles. The molecule has 0 saturated carbocycles. The number of nitrogens with zero attached hydrogens (tertiary/aromatic N) is 3. The van der Waals surface area contributed by atoms with Crippen LogP contribution < -0.4 is 10.3 Å². The lowest BCUT2D eigenvalue weighted by Gasteiger charge is -2.14. The van der Waals surface area contributed by atoms with Crippen molar-refractivity contribution in [2.45, 2.75) is 38.1 Å². The van der Waals surface area contributed by atoms with Crippen LogP contribution in [0.1, 0.15) is 29.2 Å². The highest BCUT2D eigenvalue weighted by molar-refractivity contribution is 7.85. The van der Waals surface area contributed by atoms with Crippen molar-refractivity contribution < 1.29 is 22.4 Å². The van der Waals surface area contributed by atoms with Crippen LogP contribution >= 0.6 is 0 Å². The number of aromatic nitrogens is 4. The molecule has 11 heteroatoms. The van der Waals surface area contributed by atoms with Crippen molar-refractivity contribution in [2.24, 2.45) is 0 Å². The third kappa shape index (κ3) is 5.23. The number of aromatic amines is 1. The number of H-pyrrole nitrogens is 1. The Morgan fingerprint density at radius 2 is 1.82 bits per heavy atom. The summed E-state index contributed by atoms with van der Waals surface area (Å²) in [5, 5.41) is 6.09. The molecule has 6 rings (SSSR count). The van der Waals surface area contributed by atoms with Crippen LogP contribution in [0.3, 0.4) is 0 Å². The maximum absolute atomic E-state index is 12.7. The molecule has 0 unspecified atom stereocenters. The average molecular weight is 563 g/mol. The summed E-state index contributed by atoms with van der Waals surface area (Å²) in [5.74, 6) is 0.606. The van der Waals surface area contributed by atoms with E-state index in [2.05, 4.69) is 27.2 Å². The Bertz CT molecular complexity index is 1870. The first kappa shape index (κ1) is 27.5. The number of fused-ring (bicyclic) bond motifs is 3. The molecule has 1 atom stereocenters. The summed E-state index contributed by atoms with van der Waals surface area (Å²) in [6, 6.07) is 12.3. The maximum atomic E-state index is 12.7. The predicted octanol–water partition coefficient (Wildman–Crippen LogP) is 4.77. The van der Waals surface area contributed by atoms with E-state index in [-0.39, 0.29) is 16.5 Å². The van der Waals surface area contributed by atoms with E-state index in [0.717, 1.165) is 57.3 Å². The molecule has 4 heterocycles. The highest BCUT2D eigenvalue weighted by Gasteiger charge is 2.23. The van der Waals surface area contributed by atoms with E-state index in [0.29, 0.717) is 17.9 Å². The summed E-state index contributed by atoms with van der Waals surface area (Å²) in [4.78, 5) is 20.0. The minimum atomic E-state index is -4.02. The van der Waals surface area contributed by atoms with Crippen LogP contribution in [-0.4, -0.2) is 53.0 Å². The molecule has 0 amide bonds. The third-order valence-corrected chi connectivity index (χ3v) is 7.95. The second-order valence-corrected chi connectivity index (χ2v) is 11.2. The minimum absolute atomic E-state index is 0.0666. The summed E-state index contributed by atoms with van der Waals surface area (Å²) >= 11 is 0. The molecule has 208 valence electrons. The first-order valence-electron chi connectivity index (χ1n) is 12.7. The molecule has 1 saturated heterocycles. The Hall–Kier alpha value is -4.06. The van der Waals surface area contributed by atoms with Crippen LogP contribution in [0.5, 0.6) is 5.88 Å². The van der Waals surface area contributed by atoms with Gasteiger partial charge in [-0.3, -0.25) is 14.0 Å². The molecule has 0 aliphatic carbocycles. The van der Waals surface area contributed by atoms with Crippen molar-refractivity contribution >= 4 is 31.9 Å². The zero-order valence-electron chi connectivity index (χ0n) is 22.6. The Kier molecular flexibility index (Phi) is 7.45. The van der Waals surface area contributed by atoms with Crippen molar-refractivity contribution in [3.63, 3.8) is 0 Å². The highest BCUT2D eigenvalue weighted by Crippen LogP contribution is 2.34. The van der Waals surface area contributed by atoms with E-state index in [9.17, 15) is 13.2 Å². The SMILES string of the molecule is COc1ncc(C)c(-c2ccc3c(c2)[nH]c(=O)c2cnn([C@H]4CCOC4)c23)c1C.Cc1ccc(S(=O)(=O)O)cc1. The number of aryl methyl sites for hydroxylation is 2. The summed E-state index contributed by atoms with van der Waals surface area (Å²) in [7, 11) is -2.40. The van der Waals surface area contributed by atoms with Gasteiger partial charge in [-0.25, -0.2) is 4.98 Å². The van der Waals surface area contributed by atoms with E-state index in [4.69, 9.17) is 14.0 Å². The standard InChI is InChI=1S/C22H22N4O3.C7H8O3S/c1-12-9-23-22(28-3)13(2)19(12)14-4-5-16-18(8-14)25-21(27)17-10-24-26(20(16)17)15-6-7-29-11-15;1-6-2-4-7(5-3-6)11(8,9)10/h4-5,8-10,15H,6-7,11H2,1-3H3,(H,25,27);2-5H,1H3,(H,8,9,10)/t15-;/m0./s1. The van der Waals surface area contributed by atoms with Gasteiger partial charge in [0.2, 0.25) is 5.88 Å². The molecule has 10 nitrogen and oxygen atoms in total. The van der Waals surface area contributed by atoms with Gasteiger partial charge in [0.05, 0.1) is 47.3 Å². The molecule has 0 bridgehead atoms. The van der Waals surface area contributed by atoms with Crippen molar-refractivity contribution in [2.75, 3.05) is 20.3 Å². The third-order valence-electron chi connectivity index (χ3n) is 7.08. The van der Waals surface area contributed by atoms with Gasteiger partial charge in [-0.15, -0.1) is 0 Å². The summed E-state index contributed by atoms with van der Waals surface area (Å²) in [6.07, 6.45) is 4.37. The number of nitrogens with one attached hydrogen (secondary N) is 1. The summed E-state index contributed by atoms with van der Waals surface area (Å²) in [5.41, 5.74) is 6.59. The Balaban J connectivity index is 0.000000248. The Morgan fingerprint density at radius 1 is 1.07 bits per heavy atom. The largest absolute Gasteiger partial charge is 0.481 e. The lowest BCUT2D eigenvalue weighted by atomic mass is 9.96. The Labute approximate surface area is 231 Å². The fourth-order valence-electron chi connectivity index (χ4n) is 5.07. The molecule has 2 N–H and O–H groups in total. The molecule has 40 heavy (non-hydrogen) atoms. The van der Waals surface area contributed by atoms with Gasteiger partial charge in [0.15, 0.2) is 0 Å². The molecule has 0 spiro atoms. The van der Waals surface area contributed by atoms with Gasteiger partial charge in [0.1, 0.15) is 0 Å². The molecule has 0 radical (unpaired) electrons. The van der Waals surface area contributed by atoms with Crippen molar-refractivity contribution in [1.29, 1.82) is 0 Å². The normalized spacial score (nSPS) is 15.3. The van der Waals surface area contributed by atoms with E-state index in [1.807, 2.05) is 37.7 Å². The van der Waals surface area contributed by atoms with Crippen molar-refractivity contribution in [3.8, 4) is 17.0 Å². The van der Waals surface area contributed by atoms with Gasteiger partial charge in [-0.2, -0.15) is 13.5 Å². The van der Waals surface area contributed by atoms with Crippen LogP contribution in [-0.2, 0) is 14.9 Å². The second kappa shape index (κ2) is 10.8. The molecule has 2 aromatic carbocycles. The fourth-order valence-corrected chi connectivity index (χ4v) is 5.55. The quantitative estimate of drug-likeness (QED) is 0.299. The maximum Gasteiger partial charge on any atom is 0.294 e. The first-order chi connectivity index (χ1) is 19.1. The molecular formula is C29H30N4O6S. The average Bonchev–Trinajstić information content (AvgIpc) is 3.60. The van der Waals surface area contributed by atoms with Crippen LogP contribution in [0, 0.1) is 20.8 Å². The topological polar surface area (TPSA) is 136 Å². The lowest BCUT2D eigenvalue weighted by molar-refractivity contribution is 0.185. The zero-order valence-corrected chi connectivity index (χ0v) is 23.4. The first-order valence-corrected chi connectivity index (χ1v) is 14.2. The number of pyridine rings is 2. The smallest absolute Gasteiger partial charge is 0.294 e. The van der Waals surface area contributed by atoms with Gasteiger partial charge >= 0.3 is 0 Å². The number of methoxy groups -OCH3 is 1. The van der Waals surface area contributed by atoms with Crippen LogP contribution in [0.25, 0.3) is 32.9 Å². The van der Waals surface area contributed by atoms with Crippen molar-refractivity contribution in [1.82, 2.24) is 19.7 Å². The molecule has 1 aliphatic heterocycles. The van der Waals surface area contributed by atoms with E-state index >= 15 is 0 Å². The van der Waals surface area contributed by atoms with Gasteiger partial charge in [0, 0.05) is 23.8 Å². The van der Waals surface area contributed by atoms with Crippen LogP contribution in [0.15, 0.2) is 64.5 Å². The van der Waals surface area contributed by atoms with Crippen LogP contribution in [0.4, 0.5) is 0 Å². The van der Waals surface area contributed by atoms with Crippen LogP contribution in [0.2, 0.25) is 0 Å². The number of hydrogen-bond acceptors (Lipinski definition) is 7. The number of rotatable bonds is 4. The highest BCUT2D eigenvalue weighted by atomic mass is 32.2. The van der Waals surface area contributed by atoms with Crippen molar-refractivity contribution in [3.05, 3.63) is 81.9 Å². The number of benzene rings is 2. The molecule has 1 fully saturated rings. The second-order valence-electron chi connectivity index (χ2n) is 9.82. The summed E-state index contributed by atoms with van der Waals surface area (Å²) in [6.45, 7) is 7.21. The summed E-state index contributed by atoms with van der Waals surface area (Å²) < 4.78 is 42.4. The lowest BCUT2D eigenvalue weighted by Crippen LogP contribution is -2.12. The fraction of sp³-hybridized carbons (Fsp3) is 0.276. The van der Waals surface area contributed by atoms with E-state index in [1.165, 1.54) is 12.1 Å². The van der Waals surface area contributed by atoms with Gasteiger partial charge < -0.3 is 14.5 Å². The van der Waals surface area contributed by atoms with Gasteiger partial charge in [-0.05, 0) is 62.1 Å². The Morgan fingerprint density at radius 3 is 2.48 bits per heavy atom. The van der Waals surface area contributed by atoms with Gasteiger partial charge in [-0.1, -0.05) is 29.8 Å². The monoisotopic (exact) mass is 562 g/mol. The molecule has 5 aromatic rings. The predicted molar refractivity (Wildman–Crippen MR) is 153 cm³/mol. The van der Waals surface area contributed by atoms with E-state index < -0.39 is 10.1 Å².